The summed E-state index contributed by atoms with van der Waals surface area (Å²) in [5, 5.41) is 1.04. The topological polar surface area (TPSA) is 67.8 Å². The largest absolute Gasteiger partial charge is 0.462 e. The third-order valence-electron chi connectivity index (χ3n) is 7.34. The van der Waals surface area contributed by atoms with E-state index in [0.717, 1.165) is 85.2 Å². The van der Waals surface area contributed by atoms with Gasteiger partial charge in [-0.05, 0) is 44.1 Å². The number of ether oxygens (including phenoxy) is 2. The van der Waals surface area contributed by atoms with E-state index in [9.17, 15) is 4.79 Å². The van der Waals surface area contributed by atoms with Crippen LogP contribution < -0.4 is 4.90 Å². The van der Waals surface area contributed by atoms with Crippen LogP contribution in [0.2, 0.25) is 0 Å². The maximum absolute atomic E-state index is 12.6. The van der Waals surface area contributed by atoms with Crippen LogP contribution in [-0.2, 0) is 16.0 Å². The van der Waals surface area contributed by atoms with Gasteiger partial charge in [-0.25, -0.2) is 14.8 Å². The second kappa shape index (κ2) is 9.61. The van der Waals surface area contributed by atoms with Gasteiger partial charge >= 0.3 is 5.97 Å². The Morgan fingerprint density at radius 2 is 1.91 bits per heavy atom. The summed E-state index contributed by atoms with van der Waals surface area (Å²) >= 11 is 1.45. The zero-order valence-corrected chi connectivity index (χ0v) is 20.1. The highest BCUT2D eigenvalue weighted by Crippen LogP contribution is 2.41. The Hall–Kier alpha value is -1.77. The zero-order chi connectivity index (χ0) is 22.1. The van der Waals surface area contributed by atoms with Crippen LogP contribution in [0.5, 0.6) is 0 Å². The van der Waals surface area contributed by atoms with E-state index >= 15 is 0 Å². The van der Waals surface area contributed by atoms with Crippen LogP contribution >= 0.6 is 11.3 Å². The molecule has 7 nitrogen and oxygen atoms in total. The number of hydrogen-bond donors (Lipinski definition) is 0. The van der Waals surface area contributed by atoms with Gasteiger partial charge < -0.3 is 14.4 Å². The summed E-state index contributed by atoms with van der Waals surface area (Å²) in [5.74, 6) is 3.24. The number of rotatable bonds is 5. The fraction of sp³-hybridized carbons (Fsp3) is 0.708. The lowest BCUT2D eigenvalue weighted by molar-refractivity contribution is 0.0331. The Kier molecular flexibility index (Phi) is 6.62. The Bertz CT molecular complexity index is 972. The highest BCUT2D eigenvalue weighted by atomic mass is 32.1. The highest BCUT2D eigenvalue weighted by molar-refractivity contribution is 7.20. The number of hydrogen-bond acceptors (Lipinski definition) is 8. The van der Waals surface area contributed by atoms with Crippen molar-refractivity contribution in [2.45, 2.75) is 52.5 Å². The Morgan fingerprint density at radius 1 is 1.12 bits per heavy atom. The smallest absolute Gasteiger partial charge is 0.348 e. The van der Waals surface area contributed by atoms with Crippen LogP contribution in [0.4, 0.5) is 5.82 Å². The van der Waals surface area contributed by atoms with Crippen LogP contribution in [0.1, 0.15) is 60.1 Å². The third kappa shape index (κ3) is 4.37. The summed E-state index contributed by atoms with van der Waals surface area (Å²) in [7, 11) is 0. The number of esters is 1. The van der Waals surface area contributed by atoms with E-state index in [1.54, 1.807) is 0 Å². The molecule has 0 spiro atoms. The van der Waals surface area contributed by atoms with Crippen molar-refractivity contribution in [2.24, 2.45) is 11.8 Å². The molecule has 3 aliphatic rings. The fourth-order valence-electron chi connectivity index (χ4n) is 5.60. The summed E-state index contributed by atoms with van der Waals surface area (Å²) in [5.41, 5.74) is 0.960. The molecule has 2 atom stereocenters. The number of piperidine rings is 1. The van der Waals surface area contributed by atoms with Crippen molar-refractivity contribution >= 4 is 33.3 Å². The molecule has 3 fully saturated rings. The SMILES string of the molecule is CCOC(=O)c1sc2nc(CN3CCOCC3)nc(N3CC[C@@H]4CCCC[C@H]4C3)c2c1C. The zero-order valence-electron chi connectivity index (χ0n) is 19.3. The Labute approximate surface area is 194 Å². The van der Waals surface area contributed by atoms with Gasteiger partial charge in [-0.1, -0.05) is 19.3 Å². The second-order valence-electron chi connectivity index (χ2n) is 9.35. The molecule has 0 amide bonds. The minimum atomic E-state index is -0.250. The monoisotopic (exact) mass is 458 g/mol. The van der Waals surface area contributed by atoms with E-state index in [-0.39, 0.29) is 5.97 Å². The molecular formula is C24H34N4O3S. The van der Waals surface area contributed by atoms with E-state index in [1.165, 1.54) is 43.4 Å². The number of carbonyl (C=O) groups excluding carboxylic acids is 1. The molecule has 2 saturated heterocycles. The van der Waals surface area contributed by atoms with Gasteiger partial charge in [0, 0.05) is 26.2 Å². The normalized spacial score (nSPS) is 24.5. The molecule has 0 aromatic carbocycles. The van der Waals surface area contributed by atoms with E-state index < -0.39 is 0 Å². The third-order valence-corrected chi connectivity index (χ3v) is 8.50. The maximum Gasteiger partial charge on any atom is 0.348 e. The van der Waals surface area contributed by atoms with Crippen LogP contribution in [0.3, 0.4) is 0 Å². The van der Waals surface area contributed by atoms with Crippen LogP contribution in [0, 0.1) is 18.8 Å². The second-order valence-corrected chi connectivity index (χ2v) is 10.3. The molecule has 174 valence electrons. The molecule has 0 unspecified atom stereocenters. The van der Waals surface area contributed by atoms with Crippen molar-refractivity contribution in [1.29, 1.82) is 0 Å². The quantitative estimate of drug-likeness (QED) is 0.627. The van der Waals surface area contributed by atoms with Crippen LogP contribution in [-0.4, -0.2) is 66.8 Å². The van der Waals surface area contributed by atoms with Gasteiger partial charge in [-0.2, -0.15) is 0 Å². The molecule has 5 rings (SSSR count). The van der Waals surface area contributed by atoms with Gasteiger partial charge in [-0.3, -0.25) is 4.90 Å². The van der Waals surface area contributed by atoms with Gasteiger partial charge in [0.1, 0.15) is 21.3 Å². The number of anilines is 1. The molecule has 1 aliphatic carbocycles. The predicted molar refractivity (Wildman–Crippen MR) is 126 cm³/mol. The minimum absolute atomic E-state index is 0.250. The summed E-state index contributed by atoms with van der Waals surface area (Å²) < 4.78 is 10.8. The number of nitrogens with zero attached hydrogens (tertiary/aromatic N) is 4. The van der Waals surface area contributed by atoms with Crippen molar-refractivity contribution in [3.8, 4) is 0 Å². The Morgan fingerprint density at radius 3 is 2.69 bits per heavy atom. The van der Waals surface area contributed by atoms with E-state index in [0.29, 0.717) is 11.5 Å². The summed E-state index contributed by atoms with van der Waals surface area (Å²) in [6.45, 7) is 10.4. The maximum atomic E-state index is 12.6. The van der Waals surface area contributed by atoms with Crippen molar-refractivity contribution in [3.05, 3.63) is 16.3 Å². The number of aromatic nitrogens is 2. The number of thiophene rings is 1. The van der Waals surface area contributed by atoms with Crippen molar-refractivity contribution in [2.75, 3.05) is 50.9 Å². The molecule has 1 saturated carbocycles. The van der Waals surface area contributed by atoms with Gasteiger partial charge in [0.2, 0.25) is 0 Å². The predicted octanol–water partition coefficient (Wildman–Crippen LogP) is 4.03. The molecule has 0 radical (unpaired) electrons. The van der Waals surface area contributed by atoms with Crippen LogP contribution in [0.15, 0.2) is 0 Å². The summed E-state index contributed by atoms with van der Waals surface area (Å²) in [4.78, 5) is 29.1. The molecule has 0 bridgehead atoms. The lowest BCUT2D eigenvalue weighted by atomic mass is 9.75. The first kappa shape index (κ1) is 22.0. The summed E-state index contributed by atoms with van der Waals surface area (Å²) in [6.07, 6.45) is 6.68. The van der Waals surface area contributed by atoms with Crippen LogP contribution in [0.25, 0.3) is 10.2 Å². The lowest BCUT2D eigenvalue weighted by Crippen LogP contribution is -2.42. The summed E-state index contributed by atoms with van der Waals surface area (Å²) in [6, 6.07) is 0. The molecular weight excluding hydrogens is 424 g/mol. The minimum Gasteiger partial charge on any atom is -0.462 e. The number of aryl methyl sites for hydroxylation is 1. The van der Waals surface area contributed by atoms with Gasteiger partial charge in [-0.15, -0.1) is 11.3 Å². The Balaban J connectivity index is 1.52. The van der Waals surface area contributed by atoms with E-state index in [1.807, 2.05) is 13.8 Å². The first-order valence-corrected chi connectivity index (χ1v) is 13.0. The molecule has 2 aromatic rings. The molecule has 32 heavy (non-hydrogen) atoms. The molecule has 0 N–H and O–H groups in total. The first-order chi connectivity index (χ1) is 15.6. The van der Waals surface area contributed by atoms with E-state index in [2.05, 4.69) is 9.80 Å². The molecule has 2 aromatic heterocycles. The molecule has 4 heterocycles. The highest BCUT2D eigenvalue weighted by Gasteiger charge is 2.33. The first-order valence-electron chi connectivity index (χ1n) is 12.2. The van der Waals surface area contributed by atoms with Gasteiger partial charge in [0.15, 0.2) is 0 Å². The van der Waals surface area contributed by atoms with Gasteiger partial charge in [0.05, 0.1) is 31.8 Å². The standard InChI is InChI=1S/C24H34N4O3S/c1-3-31-24(29)21-16(2)20-22(28-9-8-17-6-4-5-7-18(17)14-28)25-19(26-23(20)32-21)15-27-10-12-30-13-11-27/h17-18H,3-15H2,1-2H3/t17-,18-/m0/s1. The van der Waals surface area contributed by atoms with Crippen molar-refractivity contribution < 1.29 is 14.3 Å². The number of fused-ring (bicyclic) bond motifs is 2. The molecule has 8 heteroatoms. The van der Waals surface area contributed by atoms with Crippen molar-refractivity contribution in [3.63, 3.8) is 0 Å². The molecule has 2 aliphatic heterocycles. The lowest BCUT2D eigenvalue weighted by Gasteiger charge is -2.42. The average Bonchev–Trinajstić information content (AvgIpc) is 3.15. The number of morpholine rings is 1. The van der Waals surface area contributed by atoms with Gasteiger partial charge in [0.25, 0.3) is 0 Å². The average molecular weight is 459 g/mol. The number of carbonyl (C=O) groups is 1. The fourth-order valence-corrected chi connectivity index (χ4v) is 6.69. The van der Waals surface area contributed by atoms with Crippen molar-refractivity contribution in [1.82, 2.24) is 14.9 Å². The van der Waals surface area contributed by atoms with E-state index in [4.69, 9.17) is 19.4 Å².